The highest BCUT2D eigenvalue weighted by Crippen LogP contribution is 2.52. The molecule has 112 valence electrons. The van der Waals surface area contributed by atoms with Gasteiger partial charge in [-0.1, -0.05) is 6.92 Å². The normalized spacial score (nSPS) is 35.9. The van der Waals surface area contributed by atoms with Crippen LogP contribution in [0.4, 0.5) is 0 Å². The van der Waals surface area contributed by atoms with Crippen LogP contribution in [0.5, 0.6) is 0 Å². The van der Waals surface area contributed by atoms with Gasteiger partial charge in [-0.2, -0.15) is 11.8 Å². The molecule has 0 bridgehead atoms. The van der Waals surface area contributed by atoms with Crippen LogP contribution in [0.15, 0.2) is 11.8 Å². The second-order valence-corrected chi connectivity index (χ2v) is 6.27. The third kappa shape index (κ3) is 2.11. The lowest BCUT2D eigenvalue weighted by molar-refractivity contribution is -0.178. The van der Waals surface area contributed by atoms with Crippen molar-refractivity contribution in [1.29, 1.82) is 0 Å². The summed E-state index contributed by atoms with van der Waals surface area (Å²) < 4.78 is 10.9. The minimum Gasteiger partial charge on any atom is -0.501 e. The van der Waals surface area contributed by atoms with Gasteiger partial charge >= 0.3 is 0 Å². The minimum absolute atomic E-state index is 0.0897. The molecule has 0 saturated heterocycles. The molecule has 20 heavy (non-hydrogen) atoms. The van der Waals surface area contributed by atoms with Crippen LogP contribution in [-0.2, 0) is 19.1 Å². The van der Waals surface area contributed by atoms with Crippen molar-refractivity contribution in [2.24, 2.45) is 17.8 Å². The van der Waals surface area contributed by atoms with E-state index in [1.54, 1.807) is 26.0 Å². The smallest absolute Gasteiger partial charge is 0.173 e. The van der Waals surface area contributed by atoms with Crippen LogP contribution in [0.2, 0.25) is 0 Å². The SMILES string of the molecule is CCC(=O)[C@H]1CC2C(C=C1OC)C(=O)[C@@]2(CSC)OC. The van der Waals surface area contributed by atoms with E-state index in [0.29, 0.717) is 24.4 Å². The highest BCUT2D eigenvalue weighted by atomic mass is 32.2. The van der Waals surface area contributed by atoms with Crippen LogP contribution in [0, 0.1) is 17.8 Å². The Bertz CT molecular complexity index is 445. The first kappa shape index (κ1) is 15.6. The number of ketones is 2. The first-order chi connectivity index (χ1) is 9.55. The highest BCUT2D eigenvalue weighted by molar-refractivity contribution is 7.98. The van der Waals surface area contributed by atoms with E-state index in [-0.39, 0.29) is 29.3 Å². The van der Waals surface area contributed by atoms with Gasteiger partial charge in [0.1, 0.15) is 17.1 Å². The Labute approximate surface area is 124 Å². The molecule has 5 heteroatoms. The molecular weight excluding hydrogens is 276 g/mol. The molecule has 2 aliphatic carbocycles. The molecule has 0 N–H and O–H groups in total. The molecule has 0 heterocycles. The summed E-state index contributed by atoms with van der Waals surface area (Å²) in [6, 6.07) is 0. The quantitative estimate of drug-likeness (QED) is 0.751. The number of hydrogen-bond acceptors (Lipinski definition) is 5. The maximum absolute atomic E-state index is 12.4. The Morgan fingerprint density at radius 3 is 2.70 bits per heavy atom. The number of rotatable bonds is 6. The lowest BCUT2D eigenvalue weighted by Gasteiger charge is -2.54. The van der Waals surface area contributed by atoms with E-state index in [4.69, 9.17) is 9.47 Å². The van der Waals surface area contributed by atoms with Crippen molar-refractivity contribution in [1.82, 2.24) is 0 Å². The molecule has 1 saturated carbocycles. The first-order valence-electron chi connectivity index (χ1n) is 6.92. The van der Waals surface area contributed by atoms with Crippen LogP contribution in [0.25, 0.3) is 0 Å². The number of carbonyl (C=O) groups excluding carboxylic acids is 2. The highest BCUT2D eigenvalue weighted by Gasteiger charge is 2.63. The maximum Gasteiger partial charge on any atom is 0.173 e. The summed E-state index contributed by atoms with van der Waals surface area (Å²) in [5.74, 6) is 1.30. The molecule has 0 radical (unpaired) electrons. The van der Waals surface area contributed by atoms with E-state index >= 15 is 0 Å². The lowest BCUT2D eigenvalue weighted by Crippen LogP contribution is -2.67. The minimum atomic E-state index is -0.716. The zero-order valence-electron chi connectivity index (χ0n) is 12.5. The van der Waals surface area contributed by atoms with Crippen LogP contribution >= 0.6 is 11.8 Å². The van der Waals surface area contributed by atoms with E-state index in [1.165, 1.54) is 0 Å². The fraction of sp³-hybridized carbons (Fsp3) is 0.733. The second-order valence-electron chi connectivity index (χ2n) is 5.40. The van der Waals surface area contributed by atoms with Crippen molar-refractivity contribution in [3.05, 3.63) is 11.8 Å². The number of fused-ring (bicyclic) bond motifs is 1. The summed E-state index contributed by atoms with van der Waals surface area (Å²) in [4.78, 5) is 24.5. The van der Waals surface area contributed by atoms with Gasteiger partial charge in [0, 0.05) is 31.1 Å². The van der Waals surface area contributed by atoms with Gasteiger partial charge in [-0.3, -0.25) is 9.59 Å². The molecule has 2 unspecified atom stereocenters. The summed E-state index contributed by atoms with van der Waals surface area (Å²) in [5, 5.41) is 0. The third-order valence-electron chi connectivity index (χ3n) is 4.63. The number of methoxy groups -OCH3 is 2. The number of allylic oxidation sites excluding steroid dienone is 2. The van der Waals surface area contributed by atoms with Gasteiger partial charge in [0.25, 0.3) is 0 Å². The zero-order valence-corrected chi connectivity index (χ0v) is 13.3. The van der Waals surface area contributed by atoms with Crippen LogP contribution in [-0.4, -0.2) is 43.4 Å². The van der Waals surface area contributed by atoms with Gasteiger partial charge in [-0.15, -0.1) is 0 Å². The molecule has 4 atom stereocenters. The van der Waals surface area contributed by atoms with Crippen molar-refractivity contribution in [2.75, 3.05) is 26.2 Å². The molecular formula is C15H22O4S. The Hall–Kier alpha value is -0.810. The lowest BCUT2D eigenvalue weighted by atomic mass is 9.55. The van der Waals surface area contributed by atoms with Gasteiger partial charge in [0.05, 0.1) is 13.0 Å². The summed E-state index contributed by atoms with van der Waals surface area (Å²) >= 11 is 1.61. The van der Waals surface area contributed by atoms with Crippen molar-refractivity contribution < 1.29 is 19.1 Å². The van der Waals surface area contributed by atoms with E-state index < -0.39 is 5.60 Å². The Kier molecular flexibility index (Phi) is 4.59. The first-order valence-corrected chi connectivity index (χ1v) is 8.31. The second kappa shape index (κ2) is 5.90. The molecule has 0 aromatic rings. The fourth-order valence-electron chi connectivity index (χ4n) is 3.48. The van der Waals surface area contributed by atoms with E-state index in [9.17, 15) is 9.59 Å². The summed E-state index contributed by atoms with van der Waals surface area (Å²) in [6.45, 7) is 1.86. The van der Waals surface area contributed by atoms with Crippen molar-refractivity contribution in [2.45, 2.75) is 25.4 Å². The topological polar surface area (TPSA) is 52.6 Å². The Morgan fingerprint density at radius 2 is 2.20 bits per heavy atom. The average molecular weight is 298 g/mol. The van der Waals surface area contributed by atoms with Gasteiger partial charge in [0.2, 0.25) is 0 Å². The molecule has 0 amide bonds. The number of carbonyl (C=O) groups is 2. The number of thioether (sulfide) groups is 1. The van der Waals surface area contributed by atoms with Gasteiger partial charge in [-0.25, -0.2) is 0 Å². The Morgan fingerprint density at radius 1 is 1.50 bits per heavy atom. The molecule has 0 aromatic heterocycles. The van der Waals surface area contributed by atoms with Crippen LogP contribution in [0.3, 0.4) is 0 Å². The summed E-state index contributed by atoms with van der Waals surface area (Å²) in [7, 11) is 3.16. The molecule has 1 fully saturated rings. The monoisotopic (exact) mass is 298 g/mol. The van der Waals surface area contributed by atoms with Crippen LogP contribution < -0.4 is 0 Å². The van der Waals surface area contributed by atoms with Gasteiger partial charge in [-0.05, 0) is 18.8 Å². The number of hydrogen-bond donors (Lipinski definition) is 0. The predicted molar refractivity (Wildman–Crippen MR) is 78.6 cm³/mol. The molecule has 2 rings (SSSR count). The zero-order chi connectivity index (χ0) is 14.9. The van der Waals surface area contributed by atoms with Crippen molar-refractivity contribution in [3.63, 3.8) is 0 Å². The van der Waals surface area contributed by atoms with Crippen molar-refractivity contribution in [3.8, 4) is 0 Å². The van der Waals surface area contributed by atoms with Crippen molar-refractivity contribution >= 4 is 23.3 Å². The molecule has 4 nitrogen and oxygen atoms in total. The predicted octanol–water partition coefficient (Wildman–Crippen LogP) is 2.08. The largest absolute Gasteiger partial charge is 0.501 e. The number of ether oxygens (including phenoxy) is 2. The molecule has 0 aromatic carbocycles. The average Bonchev–Trinajstić information content (AvgIpc) is 2.49. The standard InChI is InChI=1S/C15H22O4S/c1-5-12(16)10-6-11-9(7-13(10)18-2)14(17)15(11,19-3)8-20-4/h7,9-11H,5-6,8H2,1-4H3/t9?,10-,11?,15+/m1/s1. The van der Waals surface area contributed by atoms with E-state index in [1.807, 2.05) is 19.3 Å². The third-order valence-corrected chi connectivity index (χ3v) is 5.34. The van der Waals surface area contributed by atoms with Crippen LogP contribution in [0.1, 0.15) is 19.8 Å². The number of Topliss-reactive ketones (excluding diaryl/α,β-unsaturated/α-hetero) is 2. The summed E-state index contributed by atoms with van der Waals surface area (Å²) in [6.07, 6.45) is 4.94. The van der Waals surface area contributed by atoms with Gasteiger partial charge in [0.15, 0.2) is 5.78 Å². The fourth-order valence-corrected chi connectivity index (χ4v) is 4.39. The Balaban J connectivity index is 2.30. The molecule has 0 spiro atoms. The maximum atomic E-state index is 12.4. The molecule has 0 aliphatic heterocycles. The molecule has 2 aliphatic rings. The van der Waals surface area contributed by atoms with Gasteiger partial charge < -0.3 is 9.47 Å². The summed E-state index contributed by atoms with van der Waals surface area (Å²) in [5.41, 5.74) is -0.716. The van der Waals surface area contributed by atoms with E-state index in [2.05, 4.69) is 0 Å². The van der Waals surface area contributed by atoms with E-state index in [0.717, 1.165) is 0 Å².